The SMILES string of the molecule is COc1ncc(C(C)SC)cc1NS(=O)(=O)N1CCN(C)CC1. The van der Waals surface area contributed by atoms with E-state index >= 15 is 0 Å². The van der Waals surface area contributed by atoms with Crippen LogP contribution in [0.3, 0.4) is 0 Å². The monoisotopic (exact) mass is 360 g/mol. The maximum atomic E-state index is 12.6. The molecular weight excluding hydrogens is 336 g/mol. The highest BCUT2D eigenvalue weighted by Crippen LogP contribution is 2.31. The Hall–Kier alpha value is -1.03. The number of piperazine rings is 1. The van der Waals surface area contributed by atoms with Crippen LogP contribution in [0.4, 0.5) is 5.69 Å². The lowest BCUT2D eigenvalue weighted by Crippen LogP contribution is -2.48. The van der Waals surface area contributed by atoms with Gasteiger partial charge in [0.2, 0.25) is 5.88 Å². The Kier molecular flexibility index (Phi) is 6.12. The molecule has 23 heavy (non-hydrogen) atoms. The predicted octanol–water partition coefficient (Wildman–Crippen LogP) is 1.42. The molecular formula is C14H24N4O3S2. The normalized spacial score (nSPS) is 18.6. The average Bonchev–Trinajstić information content (AvgIpc) is 2.54. The topological polar surface area (TPSA) is 74.8 Å². The Morgan fingerprint density at radius 1 is 1.35 bits per heavy atom. The zero-order valence-corrected chi connectivity index (χ0v) is 15.6. The van der Waals surface area contributed by atoms with Gasteiger partial charge in [-0.15, -0.1) is 0 Å². The van der Waals surface area contributed by atoms with E-state index < -0.39 is 10.2 Å². The molecule has 130 valence electrons. The van der Waals surface area contributed by atoms with Crippen LogP contribution in [-0.2, 0) is 10.2 Å². The number of thioether (sulfide) groups is 1. The molecule has 0 aliphatic carbocycles. The van der Waals surface area contributed by atoms with E-state index in [1.807, 2.05) is 20.2 Å². The standard InChI is InChI=1S/C14H24N4O3S2/c1-11(22-4)12-9-13(14(21-3)15-10-12)16-23(19,20)18-7-5-17(2)6-8-18/h9-11,16H,5-8H2,1-4H3. The molecule has 0 radical (unpaired) electrons. The van der Waals surface area contributed by atoms with Crippen LogP contribution in [0.1, 0.15) is 17.7 Å². The number of methoxy groups -OCH3 is 1. The fraction of sp³-hybridized carbons (Fsp3) is 0.643. The number of nitrogens with one attached hydrogen (secondary N) is 1. The van der Waals surface area contributed by atoms with Crippen LogP contribution in [-0.4, -0.2) is 69.2 Å². The van der Waals surface area contributed by atoms with E-state index in [1.54, 1.807) is 24.0 Å². The number of pyridine rings is 1. The Morgan fingerprint density at radius 2 is 2.00 bits per heavy atom. The van der Waals surface area contributed by atoms with Gasteiger partial charge in [-0.25, -0.2) is 4.98 Å². The number of hydrogen-bond acceptors (Lipinski definition) is 6. The van der Waals surface area contributed by atoms with Gasteiger partial charge in [0.25, 0.3) is 0 Å². The number of hydrogen-bond donors (Lipinski definition) is 1. The van der Waals surface area contributed by atoms with Crippen LogP contribution < -0.4 is 9.46 Å². The largest absolute Gasteiger partial charge is 0.479 e. The Morgan fingerprint density at radius 3 is 2.57 bits per heavy atom. The summed E-state index contributed by atoms with van der Waals surface area (Å²) >= 11 is 1.67. The summed E-state index contributed by atoms with van der Waals surface area (Å²) in [5.41, 5.74) is 1.33. The summed E-state index contributed by atoms with van der Waals surface area (Å²) < 4.78 is 34.4. The van der Waals surface area contributed by atoms with Gasteiger partial charge in [-0.3, -0.25) is 4.72 Å². The van der Waals surface area contributed by atoms with E-state index in [0.29, 0.717) is 18.8 Å². The molecule has 7 nitrogen and oxygen atoms in total. The van der Waals surface area contributed by atoms with E-state index in [9.17, 15) is 8.42 Å². The van der Waals surface area contributed by atoms with Crippen molar-refractivity contribution >= 4 is 27.7 Å². The number of nitrogens with zero attached hydrogens (tertiary/aromatic N) is 3. The molecule has 1 unspecified atom stereocenters. The lowest BCUT2D eigenvalue weighted by atomic mass is 10.2. The maximum absolute atomic E-state index is 12.6. The lowest BCUT2D eigenvalue weighted by Gasteiger charge is -2.31. The van der Waals surface area contributed by atoms with Crippen molar-refractivity contribution in [2.45, 2.75) is 12.2 Å². The van der Waals surface area contributed by atoms with Crippen LogP contribution >= 0.6 is 11.8 Å². The first-order chi connectivity index (χ1) is 10.9. The van der Waals surface area contributed by atoms with Crippen molar-refractivity contribution in [3.63, 3.8) is 0 Å². The fourth-order valence-corrected chi connectivity index (χ4v) is 3.89. The Labute approximate surface area is 142 Å². The van der Waals surface area contributed by atoms with Crippen molar-refractivity contribution in [3.8, 4) is 5.88 Å². The van der Waals surface area contributed by atoms with Crippen molar-refractivity contribution in [2.24, 2.45) is 0 Å². The third-order valence-electron chi connectivity index (χ3n) is 3.93. The first-order valence-electron chi connectivity index (χ1n) is 7.40. The average molecular weight is 361 g/mol. The van der Waals surface area contributed by atoms with Crippen molar-refractivity contribution in [1.82, 2.24) is 14.2 Å². The molecule has 1 fully saturated rings. The molecule has 0 amide bonds. The minimum atomic E-state index is -3.61. The Bertz CT molecular complexity index is 631. The van der Waals surface area contributed by atoms with Gasteiger partial charge in [0, 0.05) is 37.6 Å². The van der Waals surface area contributed by atoms with E-state index in [0.717, 1.165) is 18.7 Å². The summed E-state index contributed by atoms with van der Waals surface area (Å²) in [7, 11) is -0.148. The summed E-state index contributed by atoms with van der Waals surface area (Å²) in [6.45, 7) is 4.44. The minimum Gasteiger partial charge on any atom is -0.479 e. The molecule has 9 heteroatoms. The number of aromatic nitrogens is 1. The van der Waals surface area contributed by atoms with Gasteiger partial charge in [0.1, 0.15) is 5.69 Å². The first kappa shape index (κ1) is 18.3. The number of ether oxygens (including phenoxy) is 1. The van der Waals surface area contributed by atoms with Gasteiger partial charge in [-0.1, -0.05) is 0 Å². The number of likely N-dealkylation sites (N-methyl/N-ethyl adjacent to an activating group) is 1. The number of rotatable bonds is 6. The molecule has 1 N–H and O–H groups in total. The molecule has 2 heterocycles. The van der Waals surface area contributed by atoms with Crippen LogP contribution in [0.25, 0.3) is 0 Å². The fourth-order valence-electron chi connectivity index (χ4n) is 2.29. The maximum Gasteiger partial charge on any atom is 0.301 e. The minimum absolute atomic E-state index is 0.222. The molecule has 0 spiro atoms. The van der Waals surface area contributed by atoms with Crippen molar-refractivity contribution in [3.05, 3.63) is 17.8 Å². The van der Waals surface area contributed by atoms with Gasteiger partial charge < -0.3 is 9.64 Å². The molecule has 0 saturated carbocycles. The van der Waals surface area contributed by atoms with E-state index in [2.05, 4.69) is 14.6 Å². The van der Waals surface area contributed by atoms with Crippen molar-refractivity contribution in [2.75, 3.05) is 51.3 Å². The lowest BCUT2D eigenvalue weighted by molar-refractivity contribution is 0.223. The van der Waals surface area contributed by atoms with Crippen molar-refractivity contribution < 1.29 is 13.2 Å². The van der Waals surface area contributed by atoms with Gasteiger partial charge in [0.05, 0.1) is 7.11 Å². The summed E-state index contributed by atoms with van der Waals surface area (Å²) in [5.74, 6) is 0.278. The zero-order chi connectivity index (χ0) is 17.0. The molecule has 1 saturated heterocycles. The highest BCUT2D eigenvalue weighted by molar-refractivity contribution is 7.98. The van der Waals surface area contributed by atoms with Crippen LogP contribution in [0.2, 0.25) is 0 Å². The first-order valence-corrected chi connectivity index (χ1v) is 10.1. The second-order valence-corrected chi connectivity index (χ2v) is 8.36. The highest BCUT2D eigenvalue weighted by atomic mass is 32.2. The molecule has 1 aromatic heterocycles. The third-order valence-corrected chi connectivity index (χ3v) is 6.43. The number of anilines is 1. The summed E-state index contributed by atoms with van der Waals surface area (Å²) in [4.78, 5) is 6.32. The van der Waals surface area contributed by atoms with Gasteiger partial charge >= 0.3 is 10.2 Å². The van der Waals surface area contributed by atoms with Crippen molar-refractivity contribution in [1.29, 1.82) is 0 Å². The zero-order valence-electron chi connectivity index (χ0n) is 13.9. The Balaban J connectivity index is 2.23. The van der Waals surface area contributed by atoms with Crippen LogP contribution in [0, 0.1) is 0 Å². The molecule has 0 aromatic carbocycles. The molecule has 1 aliphatic heterocycles. The molecule has 1 atom stereocenters. The smallest absolute Gasteiger partial charge is 0.301 e. The van der Waals surface area contributed by atoms with Gasteiger partial charge in [-0.05, 0) is 31.9 Å². The van der Waals surface area contributed by atoms with Crippen LogP contribution in [0.5, 0.6) is 5.88 Å². The third kappa shape index (κ3) is 4.50. The molecule has 1 aromatic rings. The predicted molar refractivity (Wildman–Crippen MR) is 94.3 cm³/mol. The summed E-state index contributed by atoms with van der Waals surface area (Å²) in [6.07, 6.45) is 3.72. The second kappa shape index (κ2) is 7.69. The summed E-state index contributed by atoms with van der Waals surface area (Å²) in [5, 5.41) is 0.222. The van der Waals surface area contributed by atoms with Gasteiger partial charge in [-0.2, -0.15) is 24.5 Å². The molecule has 0 bridgehead atoms. The van der Waals surface area contributed by atoms with E-state index in [1.165, 1.54) is 11.4 Å². The molecule has 1 aliphatic rings. The quantitative estimate of drug-likeness (QED) is 0.827. The molecule has 2 rings (SSSR count). The van der Waals surface area contributed by atoms with Crippen LogP contribution in [0.15, 0.2) is 12.3 Å². The summed E-state index contributed by atoms with van der Waals surface area (Å²) in [6, 6.07) is 1.79. The van der Waals surface area contributed by atoms with E-state index in [-0.39, 0.29) is 11.1 Å². The second-order valence-electron chi connectivity index (χ2n) is 5.51. The van der Waals surface area contributed by atoms with Gasteiger partial charge in [0.15, 0.2) is 0 Å². The van der Waals surface area contributed by atoms with E-state index in [4.69, 9.17) is 4.74 Å². The highest BCUT2D eigenvalue weighted by Gasteiger charge is 2.27.